The summed E-state index contributed by atoms with van der Waals surface area (Å²) in [5, 5.41) is 0. The molecule has 0 aliphatic carbocycles. The minimum Gasteiger partial charge on any atom is -0.247 e. The Kier molecular flexibility index (Phi) is 2.94. The van der Waals surface area contributed by atoms with Crippen LogP contribution in [0.1, 0.15) is 0 Å². The molecule has 0 spiro atoms. The first kappa shape index (κ1) is 7.52. The lowest BCUT2D eigenvalue weighted by atomic mass is 10.5. The molecule has 7 heavy (non-hydrogen) atoms. The van der Waals surface area contributed by atoms with Crippen molar-refractivity contribution >= 4 is 22.6 Å². The van der Waals surface area contributed by atoms with Crippen LogP contribution in [-0.4, -0.2) is 17.0 Å². The molecule has 0 aliphatic rings. The van der Waals surface area contributed by atoms with Gasteiger partial charge in [-0.05, 0) is 22.6 Å². The molecule has 0 saturated carbocycles. The lowest BCUT2D eigenvalue weighted by Crippen LogP contribution is -2.18. The molecule has 0 fully saturated rings. The molecule has 0 radical (unpaired) electrons. The van der Waals surface area contributed by atoms with Crippen LogP contribution in [0.25, 0.3) is 0 Å². The van der Waals surface area contributed by atoms with Gasteiger partial charge in [0.15, 0.2) is 0 Å². The van der Waals surface area contributed by atoms with Crippen LogP contribution in [0.2, 0.25) is 0 Å². The normalized spacial score (nSPS) is 12.0. The van der Waals surface area contributed by atoms with Gasteiger partial charge in [-0.15, -0.1) is 0 Å². The van der Waals surface area contributed by atoms with E-state index in [2.05, 4.69) is 0 Å². The second-order valence-corrected chi connectivity index (χ2v) is 3.06. The minimum atomic E-state index is -2.28. The third-order valence-corrected chi connectivity index (χ3v) is 0.968. The van der Waals surface area contributed by atoms with Crippen LogP contribution in [0.5, 0.6) is 0 Å². The number of hydrogen-bond acceptors (Lipinski definition) is 0. The predicted molar refractivity (Wildman–Crippen MR) is 29.8 cm³/mol. The van der Waals surface area contributed by atoms with Crippen molar-refractivity contribution < 1.29 is 13.2 Å². The molecule has 0 unspecified atom stereocenters. The Bertz CT molecular complexity index is 48.1. The van der Waals surface area contributed by atoms with Crippen molar-refractivity contribution in [2.24, 2.45) is 0 Å². The maximum absolute atomic E-state index is 11.8. The lowest BCUT2D eigenvalue weighted by molar-refractivity contribution is 0.196. The average molecular weight is 224 g/mol. The summed E-state index contributed by atoms with van der Waals surface area (Å²) in [5.74, 6) is 0. The Hall–Kier alpha value is 0.520. The van der Waals surface area contributed by atoms with E-state index in [0.717, 1.165) is 22.6 Å². The fraction of sp³-hybridized carbons (Fsp3) is 1.00. The molecule has 0 atom stereocenters. The first-order valence-corrected chi connectivity index (χ1v) is 2.70. The van der Waals surface area contributed by atoms with Crippen molar-refractivity contribution in [1.29, 1.82) is 0 Å². The largest absolute Gasteiger partial charge is 0.247 e. The molecule has 0 N–H and O–H groups in total. The maximum atomic E-state index is 11.8. The van der Waals surface area contributed by atoms with Crippen LogP contribution in [0.4, 0.5) is 13.2 Å². The number of alkyl halides is 4. The molecule has 0 saturated heterocycles. The number of rotatable bonds is 2. The zero-order valence-corrected chi connectivity index (χ0v) is 5.58. The summed E-state index contributed by atoms with van der Waals surface area (Å²) in [7, 11) is 0. The molecule has 0 bridgehead atoms. The molecule has 0 aromatic carbocycles. The molecule has 0 heterocycles. The molecule has 44 valence electrons. The summed E-state index contributed by atoms with van der Waals surface area (Å²) in [6, 6.07) is 0. The van der Waals surface area contributed by atoms with E-state index >= 15 is 0 Å². The predicted octanol–water partition coefficient (Wildman–Crippen LogP) is 2.03. The summed E-state index contributed by atoms with van der Waals surface area (Å²) in [6.45, 7) is -2.52. The molecule has 0 aromatic heterocycles. The Balaban J connectivity index is 3.36. The molecular weight excluding hydrogens is 220 g/mol. The summed E-state index contributed by atoms with van der Waals surface area (Å²) in [6.07, 6.45) is 0. The Morgan fingerprint density at radius 1 is 1.29 bits per heavy atom. The van der Waals surface area contributed by atoms with Gasteiger partial charge < -0.3 is 0 Å². The average Bonchev–Trinajstić information content (AvgIpc) is 1.68. The van der Waals surface area contributed by atoms with E-state index in [4.69, 9.17) is 0 Å². The highest BCUT2D eigenvalue weighted by atomic mass is 127. The molecule has 4 heteroatoms. The van der Waals surface area contributed by atoms with Gasteiger partial charge in [0.25, 0.3) is 0 Å². The summed E-state index contributed by atoms with van der Waals surface area (Å²) >= 11 is 1.09. The SMILES string of the molecule is FCC(F)(I)CF. The monoisotopic (exact) mass is 224 g/mol. The van der Waals surface area contributed by atoms with Gasteiger partial charge in [0, 0.05) is 0 Å². The summed E-state index contributed by atoms with van der Waals surface area (Å²) in [5.41, 5.74) is 0. The van der Waals surface area contributed by atoms with Crippen molar-refractivity contribution in [3.05, 3.63) is 0 Å². The van der Waals surface area contributed by atoms with E-state index < -0.39 is 17.0 Å². The number of halogens is 4. The minimum absolute atomic E-state index is 1.09. The van der Waals surface area contributed by atoms with Gasteiger partial charge in [0.2, 0.25) is 3.68 Å². The molecule has 0 aromatic rings. The van der Waals surface area contributed by atoms with Gasteiger partial charge in [-0.2, -0.15) is 0 Å². The van der Waals surface area contributed by atoms with Gasteiger partial charge in [0.05, 0.1) is 0 Å². The third-order valence-electron chi connectivity index (χ3n) is 0.391. The zero-order chi connectivity index (χ0) is 5.91. The van der Waals surface area contributed by atoms with E-state index in [1.807, 2.05) is 0 Å². The van der Waals surface area contributed by atoms with Gasteiger partial charge in [0.1, 0.15) is 13.3 Å². The fourth-order valence-electron chi connectivity index (χ4n) is 0.0357. The van der Waals surface area contributed by atoms with Crippen LogP contribution in [0.3, 0.4) is 0 Å². The summed E-state index contributed by atoms with van der Waals surface area (Å²) < 4.78 is 31.8. The second kappa shape index (κ2) is 2.74. The third kappa shape index (κ3) is 3.13. The highest BCUT2D eigenvalue weighted by molar-refractivity contribution is 14.1. The quantitative estimate of drug-likeness (QED) is 0.497. The van der Waals surface area contributed by atoms with E-state index in [9.17, 15) is 13.2 Å². The highest BCUT2D eigenvalue weighted by Gasteiger charge is 2.24. The highest BCUT2D eigenvalue weighted by Crippen LogP contribution is 2.20. The van der Waals surface area contributed by atoms with E-state index in [1.54, 1.807) is 0 Å². The van der Waals surface area contributed by atoms with Crippen LogP contribution >= 0.6 is 22.6 Å². The topological polar surface area (TPSA) is 0 Å². The van der Waals surface area contributed by atoms with Crippen molar-refractivity contribution in [2.75, 3.05) is 13.3 Å². The number of hydrogen-bond donors (Lipinski definition) is 0. The van der Waals surface area contributed by atoms with Crippen molar-refractivity contribution in [1.82, 2.24) is 0 Å². The van der Waals surface area contributed by atoms with E-state index in [0.29, 0.717) is 0 Å². The fourth-order valence-corrected chi connectivity index (χ4v) is 0.0357. The van der Waals surface area contributed by atoms with Crippen LogP contribution < -0.4 is 0 Å². The van der Waals surface area contributed by atoms with Gasteiger partial charge in [-0.25, -0.2) is 13.2 Å². The second-order valence-electron chi connectivity index (χ2n) is 1.12. The zero-order valence-electron chi connectivity index (χ0n) is 3.43. The molecule has 0 rings (SSSR count). The molecular formula is C3H4F3I. The first-order valence-electron chi connectivity index (χ1n) is 1.62. The van der Waals surface area contributed by atoms with Crippen molar-refractivity contribution in [3.8, 4) is 0 Å². The maximum Gasteiger partial charge on any atom is 0.217 e. The standard InChI is InChI=1S/C3H4F3I/c4-1-3(6,7)2-5/h1-2H2. The van der Waals surface area contributed by atoms with Crippen LogP contribution in [0, 0.1) is 0 Å². The van der Waals surface area contributed by atoms with Crippen LogP contribution in [-0.2, 0) is 0 Å². The summed E-state index contributed by atoms with van der Waals surface area (Å²) in [4.78, 5) is 0. The van der Waals surface area contributed by atoms with Crippen LogP contribution in [0.15, 0.2) is 0 Å². The van der Waals surface area contributed by atoms with E-state index in [-0.39, 0.29) is 0 Å². The molecule has 0 amide bonds. The van der Waals surface area contributed by atoms with Gasteiger partial charge >= 0.3 is 0 Å². The Morgan fingerprint density at radius 2 is 1.57 bits per heavy atom. The van der Waals surface area contributed by atoms with Gasteiger partial charge in [-0.1, -0.05) is 0 Å². The van der Waals surface area contributed by atoms with Crippen molar-refractivity contribution in [3.63, 3.8) is 0 Å². The van der Waals surface area contributed by atoms with Gasteiger partial charge in [-0.3, -0.25) is 0 Å². The Labute approximate surface area is 53.2 Å². The van der Waals surface area contributed by atoms with E-state index in [1.165, 1.54) is 0 Å². The first-order chi connectivity index (χ1) is 3.12. The molecule has 0 aliphatic heterocycles. The lowest BCUT2D eigenvalue weighted by Gasteiger charge is -2.05. The van der Waals surface area contributed by atoms with Crippen molar-refractivity contribution in [2.45, 2.75) is 3.68 Å². The molecule has 0 nitrogen and oxygen atoms in total. The smallest absolute Gasteiger partial charge is 0.217 e. The Morgan fingerprint density at radius 3 is 1.57 bits per heavy atom.